The first-order valence-electron chi connectivity index (χ1n) is 11.7. The molecule has 9 nitrogen and oxygen atoms in total. The highest BCUT2D eigenvalue weighted by atomic mass is 35.5. The first kappa shape index (κ1) is 30.4. The van der Waals surface area contributed by atoms with Crippen molar-refractivity contribution < 1.29 is 30.8 Å². The third-order valence-corrected chi connectivity index (χ3v) is 10.00. The van der Waals surface area contributed by atoms with Crippen molar-refractivity contribution in [2.24, 2.45) is 0 Å². The van der Waals surface area contributed by atoms with Crippen LogP contribution in [0.2, 0.25) is 0 Å². The molecule has 0 atom stereocenters. The third-order valence-electron chi connectivity index (χ3n) is 6.03. The number of nitrogens with zero attached hydrogens (tertiary/aromatic N) is 3. The second-order valence-electron chi connectivity index (χ2n) is 8.77. The minimum atomic E-state index is -3.66. The Labute approximate surface area is 231 Å². The van der Waals surface area contributed by atoms with Gasteiger partial charge in [0.2, 0.25) is 5.91 Å². The number of rotatable bonds is 10. The van der Waals surface area contributed by atoms with E-state index in [2.05, 4.69) is 9.88 Å². The van der Waals surface area contributed by atoms with Crippen molar-refractivity contribution in [3.8, 4) is 0 Å². The fourth-order valence-corrected chi connectivity index (χ4v) is 7.02. The highest BCUT2D eigenvalue weighted by Crippen LogP contribution is 2.31. The van der Waals surface area contributed by atoms with Crippen LogP contribution in [0.25, 0.3) is 10.2 Å². The van der Waals surface area contributed by atoms with Gasteiger partial charge in [0.25, 0.3) is 0 Å². The van der Waals surface area contributed by atoms with Crippen molar-refractivity contribution in [1.29, 1.82) is 0 Å². The number of carbonyl (C=O) groups is 1. The van der Waals surface area contributed by atoms with E-state index in [0.29, 0.717) is 41.7 Å². The molecule has 1 amide bonds. The van der Waals surface area contributed by atoms with E-state index in [4.69, 9.17) is 4.74 Å². The number of fused-ring (bicyclic) bond motifs is 1. The van der Waals surface area contributed by atoms with E-state index in [0.717, 1.165) is 31.5 Å². The average molecular weight is 606 g/mol. The molecule has 3 aromatic rings. The van der Waals surface area contributed by atoms with Gasteiger partial charge in [-0.15, -0.1) is 12.4 Å². The summed E-state index contributed by atoms with van der Waals surface area (Å²) >= 11 is 1.22. The topological polar surface area (TPSA) is 114 Å². The van der Waals surface area contributed by atoms with Gasteiger partial charge in [0.1, 0.15) is 5.82 Å². The number of hydrogen-bond donors (Lipinski definition) is 0. The minimum absolute atomic E-state index is 0. The first-order chi connectivity index (χ1) is 17.5. The summed E-state index contributed by atoms with van der Waals surface area (Å²) in [5.74, 6) is -1.05. The lowest BCUT2D eigenvalue weighted by atomic mass is 10.3. The van der Waals surface area contributed by atoms with Gasteiger partial charge < -0.3 is 4.74 Å². The van der Waals surface area contributed by atoms with Crippen LogP contribution in [0, 0.1) is 5.82 Å². The maximum Gasteiger partial charge on any atom is 0.228 e. The second kappa shape index (κ2) is 12.8. The molecule has 1 aliphatic heterocycles. The van der Waals surface area contributed by atoms with Crippen LogP contribution in [0.3, 0.4) is 0 Å². The highest BCUT2D eigenvalue weighted by Gasteiger charge is 2.23. The monoisotopic (exact) mass is 605 g/mol. The van der Waals surface area contributed by atoms with Gasteiger partial charge in [-0.25, -0.2) is 26.2 Å². The van der Waals surface area contributed by atoms with E-state index in [1.807, 2.05) is 0 Å². The summed E-state index contributed by atoms with van der Waals surface area (Å²) in [5.41, 5.74) is 0.579. The molecule has 2 heterocycles. The Kier molecular flexibility index (Phi) is 10.2. The lowest BCUT2D eigenvalue weighted by Gasteiger charge is -2.29. The Morgan fingerprint density at radius 3 is 2.39 bits per heavy atom. The summed E-state index contributed by atoms with van der Waals surface area (Å²) in [6, 6.07) is 9.26. The van der Waals surface area contributed by atoms with Crippen molar-refractivity contribution >= 4 is 64.7 Å². The standard InChI is InChI=1S/C24H28FN3O6S3.ClH/c1-36(30,31)20-8-9-21-22(17-20)35-24(26-21)28(11-10-27-12-14-34-15-13-27)23(29)3-2-16-37(32,33)19-6-4-18(25)5-7-19;/h4-9,17H,2-3,10-16H2,1H3;1H. The van der Waals surface area contributed by atoms with Crippen LogP contribution in [-0.2, 0) is 29.2 Å². The highest BCUT2D eigenvalue weighted by molar-refractivity contribution is 7.91. The average Bonchev–Trinajstić information content (AvgIpc) is 3.27. The summed E-state index contributed by atoms with van der Waals surface area (Å²) < 4.78 is 68.3. The molecule has 0 aliphatic carbocycles. The number of carbonyl (C=O) groups excluding carboxylic acids is 1. The van der Waals surface area contributed by atoms with Gasteiger partial charge in [0.15, 0.2) is 24.8 Å². The van der Waals surface area contributed by atoms with Gasteiger partial charge in [-0.2, -0.15) is 0 Å². The fourth-order valence-electron chi connectivity index (χ4n) is 3.94. The van der Waals surface area contributed by atoms with Crippen LogP contribution >= 0.6 is 23.7 Å². The van der Waals surface area contributed by atoms with Crippen molar-refractivity contribution in [1.82, 2.24) is 9.88 Å². The second-order valence-corrected chi connectivity index (χ2v) is 13.9. The molecular weight excluding hydrogens is 577 g/mol. The SMILES string of the molecule is CS(=O)(=O)c1ccc2nc(N(CCN3CCOCC3)C(=O)CCCS(=O)(=O)c3ccc(F)cc3)sc2c1.Cl. The number of hydrogen-bond acceptors (Lipinski definition) is 9. The molecule has 0 radical (unpaired) electrons. The molecule has 1 saturated heterocycles. The summed E-state index contributed by atoms with van der Waals surface area (Å²) in [6.07, 6.45) is 1.21. The van der Waals surface area contributed by atoms with Crippen LogP contribution in [-0.4, -0.2) is 84.0 Å². The zero-order valence-electron chi connectivity index (χ0n) is 20.7. The van der Waals surface area contributed by atoms with Crippen LogP contribution in [0.4, 0.5) is 9.52 Å². The number of ether oxygens (including phenoxy) is 1. The summed E-state index contributed by atoms with van der Waals surface area (Å²) in [5, 5.41) is 0.431. The number of thiazole rings is 1. The summed E-state index contributed by atoms with van der Waals surface area (Å²) in [4.78, 5) is 21.8. The Bertz CT molecular complexity index is 1470. The zero-order chi connectivity index (χ0) is 26.6. The van der Waals surface area contributed by atoms with Gasteiger partial charge in [-0.3, -0.25) is 14.6 Å². The quantitative estimate of drug-likeness (QED) is 0.324. The maximum atomic E-state index is 13.3. The van der Waals surface area contributed by atoms with Crippen molar-refractivity contribution in [2.75, 3.05) is 56.3 Å². The molecule has 0 spiro atoms. The molecule has 1 fully saturated rings. The van der Waals surface area contributed by atoms with Gasteiger partial charge in [-0.1, -0.05) is 11.3 Å². The molecule has 0 bridgehead atoms. The molecule has 208 valence electrons. The van der Waals surface area contributed by atoms with E-state index < -0.39 is 25.5 Å². The molecule has 1 aliphatic rings. The predicted molar refractivity (Wildman–Crippen MR) is 147 cm³/mol. The molecule has 4 rings (SSSR count). The van der Waals surface area contributed by atoms with Gasteiger partial charge >= 0.3 is 0 Å². The van der Waals surface area contributed by atoms with Gasteiger partial charge in [0, 0.05) is 38.9 Å². The van der Waals surface area contributed by atoms with Crippen LogP contribution in [0.1, 0.15) is 12.8 Å². The van der Waals surface area contributed by atoms with E-state index in [1.165, 1.54) is 29.5 Å². The molecule has 2 aromatic carbocycles. The predicted octanol–water partition coefficient (Wildman–Crippen LogP) is 3.18. The summed E-state index contributed by atoms with van der Waals surface area (Å²) in [7, 11) is -7.06. The van der Waals surface area contributed by atoms with Gasteiger partial charge in [-0.05, 0) is 48.9 Å². The Balaban J connectivity index is 0.00000400. The third kappa shape index (κ3) is 7.70. The number of sulfone groups is 2. The van der Waals surface area contributed by atoms with E-state index in [-0.39, 0.29) is 46.7 Å². The van der Waals surface area contributed by atoms with Crippen LogP contribution in [0.5, 0.6) is 0 Å². The van der Waals surface area contributed by atoms with Crippen molar-refractivity contribution in [2.45, 2.75) is 22.6 Å². The fraction of sp³-hybridized carbons (Fsp3) is 0.417. The number of amides is 1. The van der Waals surface area contributed by atoms with E-state index in [1.54, 1.807) is 17.0 Å². The first-order valence-corrected chi connectivity index (χ1v) is 16.1. The van der Waals surface area contributed by atoms with Crippen LogP contribution in [0.15, 0.2) is 52.3 Å². The Hall–Kier alpha value is -2.16. The summed E-state index contributed by atoms with van der Waals surface area (Å²) in [6.45, 7) is 3.66. The smallest absolute Gasteiger partial charge is 0.228 e. The molecule has 0 unspecified atom stereocenters. The number of aromatic nitrogens is 1. The number of halogens is 2. The molecule has 14 heteroatoms. The van der Waals surface area contributed by atoms with Gasteiger partial charge in [0.05, 0.1) is 39.0 Å². The number of anilines is 1. The van der Waals surface area contributed by atoms with Crippen molar-refractivity contribution in [3.63, 3.8) is 0 Å². The zero-order valence-corrected chi connectivity index (χ0v) is 24.0. The van der Waals surface area contributed by atoms with E-state index >= 15 is 0 Å². The largest absolute Gasteiger partial charge is 0.379 e. The Morgan fingerprint density at radius 1 is 1.08 bits per heavy atom. The minimum Gasteiger partial charge on any atom is -0.379 e. The van der Waals surface area contributed by atoms with Crippen molar-refractivity contribution in [3.05, 3.63) is 48.3 Å². The molecule has 1 aromatic heterocycles. The lowest BCUT2D eigenvalue weighted by Crippen LogP contribution is -2.43. The molecule has 38 heavy (non-hydrogen) atoms. The molecular formula is C24H29ClFN3O6S3. The molecule has 0 saturated carbocycles. The maximum absolute atomic E-state index is 13.3. The Morgan fingerprint density at radius 2 is 1.74 bits per heavy atom. The van der Waals surface area contributed by atoms with Crippen LogP contribution < -0.4 is 4.90 Å². The lowest BCUT2D eigenvalue weighted by molar-refractivity contribution is -0.118. The normalized spacial score (nSPS) is 14.8. The molecule has 0 N–H and O–H groups in total. The van der Waals surface area contributed by atoms with E-state index in [9.17, 15) is 26.0 Å². The number of morpholine rings is 1. The number of benzene rings is 2.